The van der Waals surface area contributed by atoms with Gasteiger partial charge in [0.2, 0.25) is 0 Å². The summed E-state index contributed by atoms with van der Waals surface area (Å²) in [5.41, 5.74) is 5.41. The maximum atomic E-state index is 13.1. The van der Waals surface area contributed by atoms with Crippen molar-refractivity contribution in [1.29, 1.82) is 0 Å². The van der Waals surface area contributed by atoms with E-state index in [9.17, 15) is 18.0 Å². The van der Waals surface area contributed by atoms with Crippen LogP contribution in [0.2, 0.25) is 0 Å². The summed E-state index contributed by atoms with van der Waals surface area (Å²) in [4.78, 5) is 13.7. The number of carbonyl (C=O) groups is 1. The molecule has 0 aromatic heterocycles. The van der Waals surface area contributed by atoms with Gasteiger partial charge in [-0.1, -0.05) is 0 Å². The predicted molar refractivity (Wildman–Crippen MR) is 64.0 cm³/mol. The molecule has 1 fully saturated rings. The van der Waals surface area contributed by atoms with E-state index >= 15 is 0 Å². The van der Waals surface area contributed by atoms with Crippen molar-refractivity contribution < 1.29 is 18.0 Å². The lowest BCUT2D eigenvalue weighted by atomic mass is 10.0. The molecule has 1 atom stereocenters. The van der Waals surface area contributed by atoms with Crippen LogP contribution in [-0.4, -0.2) is 29.9 Å². The number of carbonyl (C=O) groups excluding carboxylic acids is 1. The molecule has 0 radical (unpaired) electrons. The molecule has 0 spiro atoms. The Hall–Kier alpha value is -1.56. The third kappa shape index (κ3) is 2.73. The first-order valence-electron chi connectivity index (χ1n) is 6.20. The minimum absolute atomic E-state index is 0.127. The van der Waals surface area contributed by atoms with Gasteiger partial charge in [0.1, 0.15) is 0 Å². The quantitative estimate of drug-likeness (QED) is 0.838. The summed E-state index contributed by atoms with van der Waals surface area (Å²) in [6.07, 6.45) is 2.57. The van der Waals surface area contributed by atoms with Crippen LogP contribution >= 0.6 is 0 Å². The van der Waals surface area contributed by atoms with E-state index in [-0.39, 0.29) is 11.6 Å². The summed E-state index contributed by atoms with van der Waals surface area (Å²) < 4.78 is 39.1. The maximum Gasteiger partial charge on any atom is 0.254 e. The number of amides is 1. The fraction of sp³-hybridized carbons (Fsp3) is 0.462. The van der Waals surface area contributed by atoms with Gasteiger partial charge in [-0.25, -0.2) is 13.2 Å². The molecule has 1 aliphatic heterocycles. The third-order valence-electron chi connectivity index (χ3n) is 3.39. The number of halogens is 3. The average Bonchev–Trinajstić information content (AvgIpc) is 2.43. The number of piperidine rings is 1. The van der Waals surface area contributed by atoms with Gasteiger partial charge in [0.05, 0.1) is 0 Å². The molecule has 104 valence electrons. The molecule has 2 rings (SSSR count). The molecule has 1 unspecified atom stereocenters. The molecule has 0 bridgehead atoms. The van der Waals surface area contributed by atoms with Crippen molar-refractivity contribution in [2.24, 2.45) is 5.73 Å². The second-order valence-corrected chi connectivity index (χ2v) is 4.64. The van der Waals surface area contributed by atoms with Crippen LogP contribution in [0.5, 0.6) is 0 Å². The minimum Gasteiger partial charge on any atom is -0.334 e. The minimum atomic E-state index is -1.56. The first-order valence-corrected chi connectivity index (χ1v) is 6.20. The van der Waals surface area contributed by atoms with Gasteiger partial charge >= 0.3 is 0 Å². The van der Waals surface area contributed by atoms with Gasteiger partial charge in [0.25, 0.3) is 5.91 Å². The van der Waals surface area contributed by atoms with Crippen LogP contribution in [0.4, 0.5) is 13.2 Å². The zero-order valence-corrected chi connectivity index (χ0v) is 10.3. The normalized spacial score (nSPS) is 19.6. The van der Waals surface area contributed by atoms with Crippen molar-refractivity contribution in [3.8, 4) is 0 Å². The molecule has 6 heteroatoms. The first-order chi connectivity index (χ1) is 9.04. The zero-order chi connectivity index (χ0) is 14.0. The lowest BCUT2D eigenvalue weighted by Crippen LogP contribution is -2.47. The van der Waals surface area contributed by atoms with Crippen molar-refractivity contribution in [1.82, 2.24) is 4.90 Å². The number of hydrogen-bond acceptors (Lipinski definition) is 2. The Bertz CT molecular complexity index is 470. The first kappa shape index (κ1) is 13.9. The molecule has 3 nitrogen and oxygen atoms in total. The Labute approximate surface area is 109 Å². The Kier molecular flexibility index (Phi) is 4.09. The summed E-state index contributed by atoms with van der Waals surface area (Å²) in [5, 5.41) is 0. The lowest BCUT2D eigenvalue weighted by Gasteiger charge is -2.35. The number of nitrogens with zero attached hydrogens (tertiary/aromatic N) is 1. The van der Waals surface area contributed by atoms with Gasteiger partial charge < -0.3 is 10.6 Å². The van der Waals surface area contributed by atoms with E-state index < -0.39 is 23.4 Å². The molecule has 1 aromatic rings. The molecule has 19 heavy (non-hydrogen) atoms. The molecule has 1 heterocycles. The van der Waals surface area contributed by atoms with Crippen molar-refractivity contribution in [2.45, 2.75) is 25.3 Å². The fourth-order valence-corrected chi connectivity index (χ4v) is 2.36. The Morgan fingerprint density at radius 3 is 2.47 bits per heavy atom. The lowest BCUT2D eigenvalue weighted by molar-refractivity contribution is 0.0622. The highest BCUT2D eigenvalue weighted by atomic mass is 19.2. The molecular weight excluding hydrogens is 257 g/mol. The van der Waals surface area contributed by atoms with Gasteiger partial charge in [0.15, 0.2) is 17.5 Å². The second kappa shape index (κ2) is 5.61. The summed E-state index contributed by atoms with van der Waals surface area (Å²) in [7, 11) is 0. The van der Waals surface area contributed by atoms with Gasteiger partial charge in [-0.3, -0.25) is 4.79 Å². The van der Waals surface area contributed by atoms with E-state index in [0.29, 0.717) is 13.1 Å². The summed E-state index contributed by atoms with van der Waals surface area (Å²) in [5.74, 6) is -4.78. The number of benzene rings is 1. The number of likely N-dealkylation sites (tertiary alicyclic amines) is 1. The maximum absolute atomic E-state index is 13.1. The van der Waals surface area contributed by atoms with Crippen LogP contribution in [0.25, 0.3) is 0 Å². The van der Waals surface area contributed by atoms with E-state index in [1.54, 1.807) is 0 Å². The van der Waals surface area contributed by atoms with E-state index in [0.717, 1.165) is 31.4 Å². The van der Waals surface area contributed by atoms with Crippen LogP contribution in [-0.2, 0) is 0 Å². The topological polar surface area (TPSA) is 46.3 Å². The predicted octanol–water partition coefficient (Wildman–Crippen LogP) is 2.06. The smallest absolute Gasteiger partial charge is 0.254 e. The molecule has 1 aromatic carbocycles. The Balaban J connectivity index is 2.28. The van der Waals surface area contributed by atoms with E-state index in [2.05, 4.69) is 0 Å². The summed E-state index contributed by atoms with van der Waals surface area (Å²) >= 11 is 0. The Morgan fingerprint density at radius 1 is 1.26 bits per heavy atom. The highest BCUT2D eigenvalue weighted by Crippen LogP contribution is 2.21. The van der Waals surface area contributed by atoms with Gasteiger partial charge in [-0.05, 0) is 31.4 Å². The highest BCUT2D eigenvalue weighted by Gasteiger charge is 2.27. The zero-order valence-electron chi connectivity index (χ0n) is 10.3. The van der Waals surface area contributed by atoms with Crippen LogP contribution in [0, 0.1) is 17.5 Å². The van der Waals surface area contributed by atoms with Gasteiger partial charge in [0, 0.05) is 24.7 Å². The van der Waals surface area contributed by atoms with Crippen molar-refractivity contribution >= 4 is 5.91 Å². The molecule has 0 aliphatic carbocycles. The van der Waals surface area contributed by atoms with E-state index in [1.807, 2.05) is 0 Å². The van der Waals surface area contributed by atoms with Crippen molar-refractivity contribution in [2.75, 3.05) is 13.1 Å². The molecular formula is C13H15F3N2O. The van der Waals surface area contributed by atoms with Crippen LogP contribution in [0.15, 0.2) is 12.1 Å². The highest BCUT2D eigenvalue weighted by molar-refractivity contribution is 5.94. The molecule has 0 saturated carbocycles. The Morgan fingerprint density at radius 2 is 1.89 bits per heavy atom. The van der Waals surface area contributed by atoms with Crippen LogP contribution in [0.1, 0.15) is 29.6 Å². The monoisotopic (exact) mass is 272 g/mol. The SMILES string of the molecule is NCC1CCCCN1C(=O)c1cc(F)c(F)c(F)c1. The average molecular weight is 272 g/mol. The summed E-state index contributed by atoms with van der Waals surface area (Å²) in [6.45, 7) is 0.805. The largest absolute Gasteiger partial charge is 0.334 e. The van der Waals surface area contributed by atoms with Gasteiger partial charge in [-0.15, -0.1) is 0 Å². The number of rotatable bonds is 2. The van der Waals surface area contributed by atoms with Crippen LogP contribution in [0.3, 0.4) is 0 Å². The third-order valence-corrected chi connectivity index (χ3v) is 3.39. The van der Waals surface area contributed by atoms with E-state index in [4.69, 9.17) is 5.73 Å². The molecule has 1 saturated heterocycles. The number of hydrogen-bond donors (Lipinski definition) is 1. The number of nitrogens with two attached hydrogens (primary N) is 1. The molecule has 1 amide bonds. The van der Waals surface area contributed by atoms with Crippen molar-refractivity contribution in [3.63, 3.8) is 0 Å². The van der Waals surface area contributed by atoms with Crippen LogP contribution < -0.4 is 5.73 Å². The standard InChI is InChI=1S/C13H15F3N2O/c14-10-5-8(6-11(15)12(10)16)13(19)18-4-2-1-3-9(18)7-17/h5-6,9H,1-4,7,17H2. The van der Waals surface area contributed by atoms with Gasteiger partial charge in [-0.2, -0.15) is 0 Å². The molecule has 2 N–H and O–H groups in total. The van der Waals surface area contributed by atoms with Crippen molar-refractivity contribution in [3.05, 3.63) is 35.1 Å². The second-order valence-electron chi connectivity index (χ2n) is 4.64. The molecule has 1 aliphatic rings. The fourth-order valence-electron chi connectivity index (χ4n) is 2.36. The van der Waals surface area contributed by atoms with E-state index in [1.165, 1.54) is 4.90 Å². The summed E-state index contributed by atoms with van der Waals surface area (Å²) in [6, 6.07) is 1.32.